The van der Waals surface area contributed by atoms with E-state index in [-0.39, 0.29) is 17.7 Å². The Kier molecular flexibility index (Phi) is 5.54. The molecule has 172 valence electrons. The molecular weight excluding hydrogens is 514 g/mol. The van der Waals surface area contributed by atoms with Crippen molar-refractivity contribution in [3.8, 4) is 0 Å². The Morgan fingerprint density at radius 2 is 2.03 bits per heavy atom. The summed E-state index contributed by atoms with van der Waals surface area (Å²) in [6.07, 6.45) is 9.31. The molecule has 1 aromatic carbocycles. The van der Waals surface area contributed by atoms with Gasteiger partial charge in [0.25, 0.3) is 0 Å². The summed E-state index contributed by atoms with van der Waals surface area (Å²) in [5.74, 6) is 1.39. The fourth-order valence-corrected chi connectivity index (χ4v) is 5.22. The van der Waals surface area contributed by atoms with Crippen molar-refractivity contribution < 1.29 is 4.79 Å². The van der Waals surface area contributed by atoms with E-state index in [1.54, 1.807) is 6.20 Å². The van der Waals surface area contributed by atoms with E-state index in [4.69, 9.17) is 16.6 Å². The lowest BCUT2D eigenvalue weighted by Crippen LogP contribution is -2.15. The van der Waals surface area contributed by atoms with Crippen molar-refractivity contribution in [1.29, 1.82) is 0 Å². The fraction of sp³-hybridized carbons (Fsp3) is 0.269. The Hall–Kier alpha value is -2.90. The molecular formula is C26H23BrClN5O. The minimum absolute atomic E-state index is 0.00806. The number of nitrogens with zero attached hydrogens (tertiary/aromatic N) is 3. The number of fused-ring (bicyclic) bond motifs is 1. The average Bonchev–Trinajstić information content (AvgIpc) is 3.74. The van der Waals surface area contributed by atoms with E-state index >= 15 is 0 Å². The molecule has 2 N–H and O–H groups in total. The molecule has 0 unspecified atom stereocenters. The van der Waals surface area contributed by atoms with Gasteiger partial charge in [-0.3, -0.25) is 4.79 Å². The molecule has 2 aliphatic rings. The molecule has 2 saturated carbocycles. The lowest BCUT2D eigenvalue weighted by molar-refractivity contribution is -0.117. The predicted molar refractivity (Wildman–Crippen MR) is 137 cm³/mol. The van der Waals surface area contributed by atoms with Gasteiger partial charge in [0.2, 0.25) is 5.91 Å². The summed E-state index contributed by atoms with van der Waals surface area (Å²) < 4.78 is 3.12. The van der Waals surface area contributed by atoms with E-state index in [0.717, 1.165) is 33.5 Å². The third-order valence-electron chi connectivity index (χ3n) is 6.51. The third kappa shape index (κ3) is 4.55. The van der Waals surface area contributed by atoms with Gasteiger partial charge in [0.05, 0.1) is 16.7 Å². The number of carbonyl (C=O) groups is 1. The number of imidazole rings is 1. The zero-order valence-corrected chi connectivity index (χ0v) is 20.7. The number of anilines is 2. The van der Waals surface area contributed by atoms with Gasteiger partial charge in [-0.15, -0.1) is 0 Å². The molecule has 2 aliphatic carbocycles. The van der Waals surface area contributed by atoms with Gasteiger partial charge in [0.15, 0.2) is 5.65 Å². The second kappa shape index (κ2) is 8.71. The molecule has 0 bridgehead atoms. The van der Waals surface area contributed by atoms with Crippen molar-refractivity contribution in [3.05, 3.63) is 87.4 Å². The van der Waals surface area contributed by atoms with Crippen LogP contribution in [0.2, 0.25) is 5.02 Å². The molecule has 0 aliphatic heterocycles. The van der Waals surface area contributed by atoms with E-state index in [9.17, 15) is 4.79 Å². The van der Waals surface area contributed by atoms with Crippen LogP contribution in [-0.2, 0) is 11.3 Å². The summed E-state index contributed by atoms with van der Waals surface area (Å²) >= 11 is 9.76. The van der Waals surface area contributed by atoms with E-state index < -0.39 is 0 Å². The maximum atomic E-state index is 12.7. The van der Waals surface area contributed by atoms with Crippen molar-refractivity contribution >= 4 is 50.6 Å². The Morgan fingerprint density at radius 3 is 2.85 bits per heavy atom. The number of hydrogen-bond donors (Lipinski definition) is 2. The normalized spacial score (nSPS) is 19.2. The maximum Gasteiger partial charge on any atom is 0.229 e. The molecule has 2 fully saturated rings. The van der Waals surface area contributed by atoms with Crippen LogP contribution < -0.4 is 10.6 Å². The van der Waals surface area contributed by atoms with Gasteiger partial charge < -0.3 is 15.0 Å². The number of carbonyl (C=O) groups excluding carboxylic acids is 1. The summed E-state index contributed by atoms with van der Waals surface area (Å²) in [6, 6.07) is 13.7. The van der Waals surface area contributed by atoms with E-state index in [1.807, 2.05) is 36.4 Å². The summed E-state index contributed by atoms with van der Waals surface area (Å²) in [7, 11) is 0. The van der Waals surface area contributed by atoms with Gasteiger partial charge in [-0.05, 0) is 82.4 Å². The highest BCUT2D eigenvalue weighted by Crippen LogP contribution is 2.48. The summed E-state index contributed by atoms with van der Waals surface area (Å²) in [5, 5.41) is 7.05. The Morgan fingerprint density at radius 1 is 1.15 bits per heavy atom. The highest BCUT2D eigenvalue weighted by atomic mass is 79.9. The number of amides is 1. The van der Waals surface area contributed by atoms with Crippen LogP contribution in [0.4, 0.5) is 11.5 Å². The van der Waals surface area contributed by atoms with Crippen LogP contribution in [0.15, 0.2) is 65.5 Å². The molecule has 3 heterocycles. The van der Waals surface area contributed by atoms with Crippen molar-refractivity contribution in [3.63, 3.8) is 0 Å². The summed E-state index contributed by atoms with van der Waals surface area (Å²) in [4.78, 5) is 21.8. The van der Waals surface area contributed by atoms with Gasteiger partial charge in [-0.2, -0.15) is 0 Å². The molecule has 3 aromatic heterocycles. The first-order valence-corrected chi connectivity index (χ1v) is 12.6. The Labute approximate surface area is 210 Å². The fourth-order valence-electron chi connectivity index (χ4n) is 4.46. The van der Waals surface area contributed by atoms with Crippen LogP contribution in [-0.4, -0.2) is 20.3 Å². The number of pyridine rings is 2. The van der Waals surface area contributed by atoms with Crippen LogP contribution in [0.25, 0.3) is 5.65 Å². The van der Waals surface area contributed by atoms with Crippen LogP contribution in [0.3, 0.4) is 0 Å². The predicted octanol–water partition coefficient (Wildman–Crippen LogP) is 6.38. The number of aromatic nitrogens is 3. The van der Waals surface area contributed by atoms with Crippen LogP contribution in [0.1, 0.15) is 47.9 Å². The molecule has 34 heavy (non-hydrogen) atoms. The lowest BCUT2D eigenvalue weighted by Gasteiger charge is -2.08. The molecule has 0 spiro atoms. The minimum atomic E-state index is -0.0474. The molecule has 0 saturated heterocycles. The topological polar surface area (TPSA) is 71.3 Å². The SMILES string of the molecule is O=C(Nc1cc(NCc2cn3cc(C4CC4)cc(Br)c3n2)ccn1)[C@H]1C[C@@H]1c1cccc(Cl)c1. The van der Waals surface area contributed by atoms with Crippen molar-refractivity contribution in [2.75, 3.05) is 10.6 Å². The monoisotopic (exact) mass is 535 g/mol. The highest BCUT2D eigenvalue weighted by molar-refractivity contribution is 9.10. The smallest absolute Gasteiger partial charge is 0.229 e. The first kappa shape index (κ1) is 21.6. The number of rotatable bonds is 7. The van der Waals surface area contributed by atoms with Gasteiger partial charge in [0, 0.05) is 41.3 Å². The summed E-state index contributed by atoms with van der Waals surface area (Å²) in [5.41, 5.74) is 5.21. The number of hydrogen-bond acceptors (Lipinski definition) is 4. The van der Waals surface area contributed by atoms with E-state index in [0.29, 0.717) is 23.3 Å². The third-order valence-corrected chi connectivity index (χ3v) is 7.33. The maximum absolute atomic E-state index is 12.7. The van der Waals surface area contributed by atoms with Crippen LogP contribution in [0.5, 0.6) is 0 Å². The van der Waals surface area contributed by atoms with Crippen LogP contribution >= 0.6 is 27.5 Å². The number of halogens is 2. The second-order valence-electron chi connectivity index (χ2n) is 9.14. The Balaban J connectivity index is 1.09. The second-order valence-corrected chi connectivity index (χ2v) is 10.4. The van der Waals surface area contributed by atoms with E-state index in [1.165, 1.54) is 18.4 Å². The van der Waals surface area contributed by atoms with Crippen molar-refractivity contribution in [1.82, 2.24) is 14.4 Å². The van der Waals surface area contributed by atoms with Crippen molar-refractivity contribution in [2.24, 2.45) is 5.92 Å². The Bertz CT molecular complexity index is 1400. The molecule has 2 atom stereocenters. The zero-order chi connectivity index (χ0) is 23.2. The van der Waals surface area contributed by atoms with E-state index in [2.05, 4.69) is 54.4 Å². The highest BCUT2D eigenvalue weighted by Gasteiger charge is 2.44. The summed E-state index contributed by atoms with van der Waals surface area (Å²) in [6.45, 7) is 0.573. The largest absolute Gasteiger partial charge is 0.379 e. The van der Waals surface area contributed by atoms with Gasteiger partial charge in [-0.1, -0.05) is 23.7 Å². The molecule has 8 heteroatoms. The average molecular weight is 537 g/mol. The quantitative estimate of drug-likeness (QED) is 0.288. The first-order valence-electron chi connectivity index (χ1n) is 11.5. The minimum Gasteiger partial charge on any atom is -0.379 e. The molecule has 4 aromatic rings. The first-order chi connectivity index (χ1) is 16.5. The number of benzene rings is 1. The molecule has 0 radical (unpaired) electrons. The van der Waals surface area contributed by atoms with Gasteiger partial charge in [-0.25, -0.2) is 9.97 Å². The van der Waals surface area contributed by atoms with Crippen molar-refractivity contribution in [2.45, 2.75) is 37.6 Å². The molecule has 6 nitrogen and oxygen atoms in total. The zero-order valence-electron chi connectivity index (χ0n) is 18.3. The van der Waals surface area contributed by atoms with Crippen LogP contribution in [0, 0.1) is 5.92 Å². The standard InChI is InChI=1S/C26H23BrClN5O/c27-23-9-17(15-4-5-15)13-33-14-20(31-25(23)33)12-30-19-6-7-29-24(10-19)32-26(34)22-11-21(22)16-2-1-3-18(28)8-16/h1-3,6-10,13-15,21-22H,4-5,11-12H2,(H2,29,30,32,34)/t21-,22+/m1/s1. The molecule has 1 amide bonds. The van der Waals surface area contributed by atoms with Gasteiger partial charge in [0.1, 0.15) is 5.82 Å². The molecule has 6 rings (SSSR count). The van der Waals surface area contributed by atoms with Gasteiger partial charge >= 0.3 is 0 Å². The number of nitrogens with one attached hydrogen (secondary N) is 2. The lowest BCUT2D eigenvalue weighted by atomic mass is 10.1.